The largest absolute Gasteiger partial charge is 0.457 e. The zero-order valence-electron chi connectivity index (χ0n) is 15.9. The number of imidazole rings is 1. The average Bonchev–Trinajstić information content (AvgIpc) is 3.02. The Morgan fingerprint density at radius 3 is 2.50 bits per heavy atom. The third-order valence-corrected chi connectivity index (χ3v) is 4.34. The van der Waals surface area contributed by atoms with Gasteiger partial charge in [-0.05, 0) is 50.5 Å². The first-order valence-corrected chi connectivity index (χ1v) is 8.70. The normalized spacial score (nSPS) is 11.2. The van der Waals surface area contributed by atoms with Gasteiger partial charge in [0.15, 0.2) is 6.29 Å². The van der Waals surface area contributed by atoms with Gasteiger partial charge >= 0.3 is 0 Å². The molecule has 0 amide bonds. The number of alkyl halides is 2. The van der Waals surface area contributed by atoms with Crippen LogP contribution < -0.4 is 4.74 Å². The van der Waals surface area contributed by atoms with E-state index in [4.69, 9.17) is 4.74 Å². The number of hydrogen-bond donors (Lipinski definition) is 0. The van der Waals surface area contributed by atoms with E-state index in [2.05, 4.69) is 4.98 Å². The molecule has 0 atom stereocenters. The first-order chi connectivity index (χ1) is 13.4. The molecule has 0 fully saturated rings. The van der Waals surface area contributed by atoms with E-state index in [1.165, 1.54) is 18.2 Å². The molecular weight excluding hydrogens is 364 g/mol. The van der Waals surface area contributed by atoms with Gasteiger partial charge in [0.25, 0.3) is 6.43 Å². The Bertz CT molecular complexity index is 966. The van der Waals surface area contributed by atoms with E-state index in [-0.39, 0.29) is 16.9 Å². The topological polar surface area (TPSA) is 47.4 Å². The first-order valence-electron chi connectivity index (χ1n) is 8.70. The van der Waals surface area contributed by atoms with Gasteiger partial charge in [-0.3, -0.25) is 4.79 Å². The molecule has 0 spiro atoms. The van der Waals surface area contributed by atoms with Crippen LogP contribution in [-0.4, -0.2) is 34.8 Å². The Labute approximate surface area is 162 Å². The third kappa shape index (κ3) is 4.26. The summed E-state index contributed by atoms with van der Waals surface area (Å²) in [6.07, 6.45) is -0.238. The molecule has 0 saturated carbocycles. The number of ether oxygens (including phenoxy) is 1. The SMILES string of the molecule is CN(C)Cc1ncc(-c2ccc(Oc3cc(C(F)F)ccc3C=O)cc2)n1C. The van der Waals surface area contributed by atoms with Crippen LogP contribution in [0.1, 0.15) is 28.2 Å². The van der Waals surface area contributed by atoms with Gasteiger partial charge in [0.1, 0.15) is 17.3 Å². The monoisotopic (exact) mass is 385 g/mol. The summed E-state index contributed by atoms with van der Waals surface area (Å²) in [5.41, 5.74) is 1.93. The van der Waals surface area contributed by atoms with Crippen molar-refractivity contribution in [2.75, 3.05) is 14.1 Å². The van der Waals surface area contributed by atoms with E-state index in [9.17, 15) is 13.6 Å². The van der Waals surface area contributed by atoms with Crippen molar-refractivity contribution in [3.8, 4) is 22.8 Å². The highest BCUT2D eigenvalue weighted by atomic mass is 19.3. The fourth-order valence-electron chi connectivity index (χ4n) is 2.84. The van der Waals surface area contributed by atoms with Crippen molar-refractivity contribution in [3.05, 3.63) is 65.6 Å². The standard InChI is InChI=1S/C21H21F2N3O2/c1-25(2)12-20-24-11-18(26(20)3)14-6-8-17(9-7-14)28-19-10-15(21(22)23)4-5-16(19)13-27/h4-11,13,21H,12H2,1-3H3. The van der Waals surface area contributed by atoms with E-state index in [1.807, 2.05) is 48.9 Å². The summed E-state index contributed by atoms with van der Waals surface area (Å²) < 4.78 is 33.5. The van der Waals surface area contributed by atoms with Gasteiger partial charge in [-0.1, -0.05) is 6.07 Å². The smallest absolute Gasteiger partial charge is 0.263 e. The van der Waals surface area contributed by atoms with Crippen molar-refractivity contribution in [2.24, 2.45) is 7.05 Å². The van der Waals surface area contributed by atoms with Gasteiger partial charge in [-0.25, -0.2) is 13.8 Å². The van der Waals surface area contributed by atoms with Crippen LogP contribution >= 0.6 is 0 Å². The molecule has 146 valence electrons. The molecule has 3 rings (SSSR count). The highest BCUT2D eigenvalue weighted by molar-refractivity contribution is 5.79. The van der Waals surface area contributed by atoms with E-state index < -0.39 is 6.43 Å². The molecule has 7 heteroatoms. The molecule has 0 bridgehead atoms. The number of aromatic nitrogens is 2. The number of halogens is 2. The van der Waals surface area contributed by atoms with E-state index in [0.717, 1.165) is 23.6 Å². The number of hydrogen-bond acceptors (Lipinski definition) is 4. The summed E-state index contributed by atoms with van der Waals surface area (Å²) in [6, 6.07) is 10.9. The molecule has 2 aromatic carbocycles. The lowest BCUT2D eigenvalue weighted by Crippen LogP contribution is -2.14. The zero-order chi connectivity index (χ0) is 20.3. The van der Waals surface area contributed by atoms with Gasteiger partial charge in [-0.15, -0.1) is 0 Å². The van der Waals surface area contributed by atoms with Crippen molar-refractivity contribution in [1.82, 2.24) is 14.5 Å². The van der Waals surface area contributed by atoms with Gasteiger partial charge in [0.2, 0.25) is 0 Å². The quantitative estimate of drug-likeness (QED) is 0.554. The maximum atomic E-state index is 12.9. The Kier molecular flexibility index (Phi) is 5.84. The lowest BCUT2D eigenvalue weighted by atomic mass is 10.1. The number of aldehydes is 1. The van der Waals surface area contributed by atoms with Gasteiger partial charge in [0, 0.05) is 18.2 Å². The molecule has 1 aromatic heterocycles. The lowest BCUT2D eigenvalue weighted by Gasteiger charge is -2.12. The molecule has 0 aliphatic heterocycles. The fourth-order valence-corrected chi connectivity index (χ4v) is 2.84. The maximum absolute atomic E-state index is 12.9. The second kappa shape index (κ2) is 8.31. The molecule has 3 aromatic rings. The number of nitrogens with zero attached hydrogens (tertiary/aromatic N) is 3. The summed E-state index contributed by atoms with van der Waals surface area (Å²) in [4.78, 5) is 17.7. The second-order valence-corrected chi connectivity index (χ2v) is 6.70. The van der Waals surface area contributed by atoms with Crippen molar-refractivity contribution in [1.29, 1.82) is 0 Å². The van der Waals surface area contributed by atoms with Crippen molar-refractivity contribution in [2.45, 2.75) is 13.0 Å². The predicted molar refractivity (Wildman–Crippen MR) is 103 cm³/mol. The van der Waals surface area contributed by atoms with Crippen LogP contribution in [0.5, 0.6) is 11.5 Å². The summed E-state index contributed by atoms with van der Waals surface area (Å²) in [5.74, 6) is 1.50. The molecule has 0 aliphatic rings. The van der Waals surface area contributed by atoms with Crippen LogP contribution in [0.4, 0.5) is 8.78 Å². The molecular formula is C21H21F2N3O2. The van der Waals surface area contributed by atoms with E-state index in [1.54, 1.807) is 12.1 Å². The maximum Gasteiger partial charge on any atom is 0.263 e. The summed E-state index contributed by atoms with van der Waals surface area (Å²) in [5, 5.41) is 0. The highest BCUT2D eigenvalue weighted by Gasteiger charge is 2.13. The second-order valence-electron chi connectivity index (χ2n) is 6.70. The van der Waals surface area contributed by atoms with E-state index in [0.29, 0.717) is 12.0 Å². The third-order valence-electron chi connectivity index (χ3n) is 4.34. The van der Waals surface area contributed by atoms with Crippen LogP contribution in [0.2, 0.25) is 0 Å². The van der Waals surface area contributed by atoms with Crippen molar-refractivity contribution in [3.63, 3.8) is 0 Å². The number of benzene rings is 2. The Morgan fingerprint density at radius 2 is 1.89 bits per heavy atom. The average molecular weight is 385 g/mol. The molecule has 5 nitrogen and oxygen atoms in total. The van der Waals surface area contributed by atoms with Gasteiger partial charge < -0.3 is 14.2 Å². The van der Waals surface area contributed by atoms with Crippen molar-refractivity contribution < 1.29 is 18.3 Å². The Morgan fingerprint density at radius 1 is 1.18 bits per heavy atom. The summed E-state index contributed by atoms with van der Waals surface area (Å²) >= 11 is 0. The first kappa shape index (κ1) is 19.7. The molecule has 0 unspecified atom stereocenters. The predicted octanol–water partition coefficient (Wildman–Crippen LogP) is 4.69. The summed E-state index contributed by atoms with van der Waals surface area (Å²) in [7, 11) is 5.92. The number of carbonyl (C=O) groups excluding carboxylic acids is 1. The molecule has 1 heterocycles. The van der Waals surface area contributed by atoms with Crippen molar-refractivity contribution >= 4 is 6.29 Å². The van der Waals surface area contributed by atoms with Gasteiger partial charge in [-0.2, -0.15) is 0 Å². The van der Waals surface area contributed by atoms with Crippen LogP contribution in [0.15, 0.2) is 48.7 Å². The van der Waals surface area contributed by atoms with Gasteiger partial charge in [0.05, 0.1) is 24.0 Å². The summed E-state index contributed by atoms with van der Waals surface area (Å²) in [6.45, 7) is 0.729. The Hall–Kier alpha value is -3.06. The minimum absolute atomic E-state index is 0.106. The van der Waals surface area contributed by atoms with Crippen LogP contribution in [0.25, 0.3) is 11.3 Å². The van der Waals surface area contributed by atoms with Crippen LogP contribution in [-0.2, 0) is 13.6 Å². The highest BCUT2D eigenvalue weighted by Crippen LogP contribution is 2.31. The molecule has 28 heavy (non-hydrogen) atoms. The van der Waals surface area contributed by atoms with Crippen LogP contribution in [0.3, 0.4) is 0 Å². The lowest BCUT2D eigenvalue weighted by molar-refractivity contribution is 0.112. The molecule has 0 radical (unpaired) electrons. The molecule has 0 saturated heterocycles. The van der Waals surface area contributed by atoms with Crippen LogP contribution in [0, 0.1) is 0 Å². The fraction of sp³-hybridized carbons (Fsp3) is 0.238. The number of carbonyl (C=O) groups is 1. The minimum Gasteiger partial charge on any atom is -0.457 e. The number of rotatable bonds is 7. The molecule has 0 N–H and O–H groups in total. The molecule has 0 aliphatic carbocycles. The minimum atomic E-state index is -2.63. The van der Waals surface area contributed by atoms with E-state index >= 15 is 0 Å². The zero-order valence-corrected chi connectivity index (χ0v) is 15.9. The Balaban J connectivity index is 1.83.